The van der Waals surface area contributed by atoms with E-state index in [4.69, 9.17) is 0 Å². The van der Waals surface area contributed by atoms with Gasteiger partial charge in [0.25, 0.3) is 0 Å². The largest absolute Gasteiger partial charge is 0.313 e. The van der Waals surface area contributed by atoms with Gasteiger partial charge in [0.15, 0.2) is 0 Å². The minimum Gasteiger partial charge on any atom is -0.313 e. The number of nitrogens with one attached hydrogen (secondary N) is 1. The molecule has 0 radical (unpaired) electrons. The highest BCUT2D eigenvalue weighted by molar-refractivity contribution is 5.22. The van der Waals surface area contributed by atoms with Crippen LogP contribution in [0.3, 0.4) is 0 Å². The summed E-state index contributed by atoms with van der Waals surface area (Å²) in [5.41, 5.74) is 3.47. The molecule has 0 saturated heterocycles. The van der Waals surface area contributed by atoms with Crippen LogP contribution in [0.25, 0.3) is 0 Å². The van der Waals surface area contributed by atoms with Crippen LogP contribution in [-0.2, 0) is 0 Å². The fourth-order valence-electron chi connectivity index (χ4n) is 1.97. The first kappa shape index (κ1) is 11.8. The van der Waals surface area contributed by atoms with Gasteiger partial charge >= 0.3 is 0 Å². The summed E-state index contributed by atoms with van der Waals surface area (Å²) in [5.74, 6) is 0.787. The molecule has 82 valence electrons. The monoisotopic (exact) mass is 195 g/mol. The second kappa shape index (κ2) is 6.23. The van der Waals surface area contributed by atoms with Crippen molar-refractivity contribution in [1.29, 1.82) is 0 Å². The Labute approximate surface area is 89.0 Å². The van der Waals surface area contributed by atoms with Crippen LogP contribution in [0, 0.1) is 5.92 Å². The van der Waals surface area contributed by atoms with Gasteiger partial charge in [0.05, 0.1) is 0 Å². The van der Waals surface area contributed by atoms with Crippen molar-refractivity contribution in [3.63, 3.8) is 0 Å². The van der Waals surface area contributed by atoms with Crippen LogP contribution in [0.4, 0.5) is 0 Å². The quantitative estimate of drug-likeness (QED) is 0.505. The first-order valence-electron chi connectivity index (χ1n) is 6.21. The molecule has 1 nitrogen and oxygen atoms in total. The fraction of sp³-hybridized carbons (Fsp3) is 0.846. The van der Waals surface area contributed by atoms with Crippen LogP contribution in [0.2, 0.25) is 0 Å². The summed E-state index contributed by atoms with van der Waals surface area (Å²) in [7, 11) is 0. The Hall–Kier alpha value is -0.300. The maximum Gasteiger partial charge on any atom is 0.0169 e. The van der Waals surface area contributed by atoms with Gasteiger partial charge in [-0.1, -0.05) is 31.9 Å². The number of allylic oxidation sites excluding steroid dienone is 1. The number of rotatable bonds is 6. The van der Waals surface area contributed by atoms with Gasteiger partial charge in [0, 0.05) is 6.54 Å². The predicted molar refractivity (Wildman–Crippen MR) is 63.5 cm³/mol. The molecule has 1 atom stereocenters. The minimum atomic E-state index is 0.787. The zero-order valence-corrected chi connectivity index (χ0v) is 10.0. The number of hydrogen-bond acceptors (Lipinski definition) is 1. The molecule has 0 aromatic carbocycles. The summed E-state index contributed by atoms with van der Waals surface area (Å²) in [6, 6.07) is 0. The molecule has 1 rings (SSSR count). The summed E-state index contributed by atoms with van der Waals surface area (Å²) in [6.07, 6.45) is 6.68. The van der Waals surface area contributed by atoms with E-state index in [1.54, 1.807) is 11.1 Å². The lowest BCUT2D eigenvalue weighted by Crippen LogP contribution is -2.23. The molecule has 0 bridgehead atoms. The lowest BCUT2D eigenvalue weighted by atomic mass is 9.82. The lowest BCUT2D eigenvalue weighted by Gasteiger charge is -2.26. The Kier molecular flexibility index (Phi) is 5.24. The standard InChI is InChI=1S/C13H25N/c1-4-9-14-10-13(11(3)5-2)12-7-6-8-12/h11,14H,4-10H2,1-3H3. The van der Waals surface area contributed by atoms with Gasteiger partial charge in [-0.3, -0.25) is 0 Å². The Balaban J connectivity index is 2.45. The third-order valence-electron chi connectivity index (χ3n) is 3.36. The molecule has 0 aromatic heterocycles. The molecule has 0 aliphatic heterocycles. The summed E-state index contributed by atoms with van der Waals surface area (Å²) in [6.45, 7) is 9.19. The van der Waals surface area contributed by atoms with Crippen LogP contribution in [0.1, 0.15) is 52.9 Å². The van der Waals surface area contributed by atoms with Gasteiger partial charge in [-0.15, -0.1) is 0 Å². The van der Waals surface area contributed by atoms with Gasteiger partial charge in [0.2, 0.25) is 0 Å². The smallest absolute Gasteiger partial charge is 0.0169 e. The van der Waals surface area contributed by atoms with Crippen molar-refractivity contribution in [3.8, 4) is 0 Å². The van der Waals surface area contributed by atoms with Crippen molar-refractivity contribution in [2.24, 2.45) is 5.92 Å². The van der Waals surface area contributed by atoms with Gasteiger partial charge in [-0.05, 0) is 44.6 Å². The average molecular weight is 195 g/mol. The van der Waals surface area contributed by atoms with E-state index in [2.05, 4.69) is 26.1 Å². The van der Waals surface area contributed by atoms with Crippen molar-refractivity contribution in [2.45, 2.75) is 52.9 Å². The van der Waals surface area contributed by atoms with Gasteiger partial charge < -0.3 is 5.32 Å². The topological polar surface area (TPSA) is 12.0 Å². The van der Waals surface area contributed by atoms with Crippen molar-refractivity contribution in [2.75, 3.05) is 13.1 Å². The summed E-state index contributed by atoms with van der Waals surface area (Å²) in [4.78, 5) is 0. The average Bonchev–Trinajstić information content (AvgIpc) is 2.12. The normalized spacial score (nSPS) is 17.8. The van der Waals surface area contributed by atoms with Crippen molar-refractivity contribution in [3.05, 3.63) is 11.1 Å². The molecule has 1 N–H and O–H groups in total. The van der Waals surface area contributed by atoms with E-state index >= 15 is 0 Å². The SMILES string of the molecule is CCCNCC(=C1CCC1)C(C)CC. The van der Waals surface area contributed by atoms with Crippen LogP contribution < -0.4 is 5.32 Å². The maximum absolute atomic E-state index is 3.54. The molecule has 1 saturated carbocycles. The number of hydrogen-bond donors (Lipinski definition) is 1. The molecule has 1 aliphatic carbocycles. The van der Waals surface area contributed by atoms with Crippen LogP contribution in [0.15, 0.2) is 11.1 Å². The maximum atomic E-state index is 3.54. The molecule has 0 spiro atoms. The molecule has 1 heteroatoms. The highest BCUT2D eigenvalue weighted by Crippen LogP contribution is 2.32. The van der Waals surface area contributed by atoms with E-state index in [0.717, 1.165) is 19.0 Å². The minimum absolute atomic E-state index is 0.787. The first-order chi connectivity index (χ1) is 6.79. The molecule has 14 heavy (non-hydrogen) atoms. The fourth-order valence-corrected chi connectivity index (χ4v) is 1.97. The second-order valence-corrected chi connectivity index (χ2v) is 4.47. The second-order valence-electron chi connectivity index (χ2n) is 4.47. The Bertz CT molecular complexity index is 187. The predicted octanol–water partition coefficient (Wildman–Crippen LogP) is 3.51. The highest BCUT2D eigenvalue weighted by atomic mass is 14.8. The summed E-state index contributed by atoms with van der Waals surface area (Å²) >= 11 is 0. The third-order valence-corrected chi connectivity index (χ3v) is 3.36. The zero-order chi connectivity index (χ0) is 10.4. The Morgan fingerprint density at radius 2 is 2.07 bits per heavy atom. The molecule has 1 fully saturated rings. The van der Waals surface area contributed by atoms with Crippen molar-refractivity contribution >= 4 is 0 Å². The molecule has 0 heterocycles. The van der Waals surface area contributed by atoms with Crippen LogP contribution in [0.5, 0.6) is 0 Å². The lowest BCUT2D eigenvalue weighted by molar-refractivity contribution is 0.552. The van der Waals surface area contributed by atoms with E-state index in [9.17, 15) is 0 Å². The van der Waals surface area contributed by atoms with Gasteiger partial charge in [-0.2, -0.15) is 0 Å². The van der Waals surface area contributed by atoms with E-state index in [1.165, 1.54) is 32.1 Å². The molecule has 1 aliphatic rings. The van der Waals surface area contributed by atoms with E-state index in [1.807, 2.05) is 0 Å². The van der Waals surface area contributed by atoms with Crippen LogP contribution in [-0.4, -0.2) is 13.1 Å². The molecule has 0 aromatic rings. The van der Waals surface area contributed by atoms with E-state index in [-0.39, 0.29) is 0 Å². The van der Waals surface area contributed by atoms with Crippen LogP contribution >= 0.6 is 0 Å². The van der Waals surface area contributed by atoms with Crippen molar-refractivity contribution in [1.82, 2.24) is 5.32 Å². The van der Waals surface area contributed by atoms with E-state index < -0.39 is 0 Å². The first-order valence-corrected chi connectivity index (χ1v) is 6.21. The molecular weight excluding hydrogens is 170 g/mol. The molecular formula is C13H25N. The highest BCUT2D eigenvalue weighted by Gasteiger charge is 2.17. The van der Waals surface area contributed by atoms with Crippen molar-refractivity contribution < 1.29 is 0 Å². The Morgan fingerprint density at radius 1 is 1.36 bits per heavy atom. The van der Waals surface area contributed by atoms with Gasteiger partial charge in [0.1, 0.15) is 0 Å². The molecule has 0 amide bonds. The van der Waals surface area contributed by atoms with E-state index in [0.29, 0.717) is 0 Å². The van der Waals surface area contributed by atoms with Gasteiger partial charge in [-0.25, -0.2) is 0 Å². The third kappa shape index (κ3) is 3.13. The molecule has 1 unspecified atom stereocenters. The summed E-state index contributed by atoms with van der Waals surface area (Å²) < 4.78 is 0. The summed E-state index contributed by atoms with van der Waals surface area (Å²) in [5, 5.41) is 3.54. The zero-order valence-electron chi connectivity index (χ0n) is 10.0. The Morgan fingerprint density at radius 3 is 2.50 bits per heavy atom.